The number of benzene rings is 2. The number of anilines is 1. The number of piperazine rings is 1. The standard InChI is InChI=1S/C32H39N3O4/c1-22(32-18-23-15-24(19-32)17-25(16-23)20-32)33-29(36)21-39-31(38)28-10-6-5-9-27(28)30(37)35-13-11-34(12-14-35)26-7-3-2-4-8-26/h2-10,22-25H,11-21H2,1H3,(H,33,36)/t22-,23?,24?,25?,32?/m0/s1. The van der Waals surface area contributed by atoms with Crippen LogP contribution in [-0.2, 0) is 9.53 Å². The molecule has 206 valence electrons. The highest BCUT2D eigenvalue weighted by Gasteiger charge is 2.53. The minimum atomic E-state index is -0.639. The smallest absolute Gasteiger partial charge is 0.339 e. The van der Waals surface area contributed by atoms with Crippen molar-refractivity contribution in [1.29, 1.82) is 0 Å². The first-order valence-electron chi connectivity index (χ1n) is 14.5. The second-order valence-corrected chi connectivity index (χ2v) is 12.3. The lowest BCUT2D eigenvalue weighted by Crippen LogP contribution is -2.56. The number of amides is 2. The van der Waals surface area contributed by atoms with Crippen LogP contribution in [0, 0.1) is 23.2 Å². The van der Waals surface area contributed by atoms with Gasteiger partial charge >= 0.3 is 5.97 Å². The van der Waals surface area contributed by atoms with Gasteiger partial charge in [0.2, 0.25) is 0 Å². The zero-order chi connectivity index (χ0) is 27.0. The number of carbonyl (C=O) groups excluding carboxylic acids is 3. The molecule has 7 rings (SSSR count). The van der Waals surface area contributed by atoms with Gasteiger partial charge < -0.3 is 19.9 Å². The van der Waals surface area contributed by atoms with Crippen molar-refractivity contribution in [1.82, 2.24) is 10.2 Å². The Labute approximate surface area is 230 Å². The van der Waals surface area contributed by atoms with Gasteiger partial charge in [-0.15, -0.1) is 0 Å². The lowest BCUT2D eigenvalue weighted by molar-refractivity contribution is -0.128. The summed E-state index contributed by atoms with van der Waals surface area (Å²) in [6, 6.07) is 17.0. The predicted octanol–water partition coefficient (Wildman–Crippen LogP) is 4.53. The van der Waals surface area contributed by atoms with Crippen molar-refractivity contribution in [3.05, 3.63) is 65.7 Å². The molecule has 2 aromatic rings. The van der Waals surface area contributed by atoms with Crippen LogP contribution < -0.4 is 10.2 Å². The van der Waals surface area contributed by atoms with Gasteiger partial charge in [0.1, 0.15) is 0 Å². The molecule has 4 bridgehead atoms. The molecule has 1 aliphatic heterocycles. The van der Waals surface area contributed by atoms with Crippen molar-refractivity contribution >= 4 is 23.5 Å². The second-order valence-electron chi connectivity index (χ2n) is 12.3. The molecule has 7 heteroatoms. The molecule has 0 unspecified atom stereocenters. The van der Waals surface area contributed by atoms with Gasteiger partial charge in [-0.1, -0.05) is 30.3 Å². The van der Waals surface area contributed by atoms with Crippen LogP contribution in [0.4, 0.5) is 5.69 Å². The van der Waals surface area contributed by atoms with Gasteiger partial charge in [0.05, 0.1) is 11.1 Å². The van der Waals surface area contributed by atoms with Crippen LogP contribution in [0.15, 0.2) is 54.6 Å². The van der Waals surface area contributed by atoms with E-state index in [2.05, 4.69) is 29.3 Å². The van der Waals surface area contributed by atoms with Crippen LogP contribution in [0.5, 0.6) is 0 Å². The van der Waals surface area contributed by atoms with E-state index in [-0.39, 0.29) is 35.4 Å². The Balaban J connectivity index is 1.03. The van der Waals surface area contributed by atoms with Gasteiger partial charge in [0.25, 0.3) is 11.8 Å². The topological polar surface area (TPSA) is 78.9 Å². The van der Waals surface area contributed by atoms with Crippen LogP contribution in [0.3, 0.4) is 0 Å². The average Bonchev–Trinajstić information content (AvgIpc) is 2.95. The number of nitrogens with zero attached hydrogens (tertiary/aromatic N) is 2. The number of hydrogen-bond donors (Lipinski definition) is 1. The maximum atomic E-state index is 13.4. The van der Waals surface area contributed by atoms with E-state index in [9.17, 15) is 14.4 Å². The first-order valence-corrected chi connectivity index (χ1v) is 14.5. The molecule has 5 fully saturated rings. The number of nitrogens with one attached hydrogen (secondary N) is 1. The Morgan fingerprint density at radius 3 is 2.03 bits per heavy atom. The van der Waals surface area contributed by atoms with E-state index in [1.807, 2.05) is 18.2 Å². The summed E-state index contributed by atoms with van der Waals surface area (Å²) in [5.74, 6) is 1.33. The summed E-state index contributed by atoms with van der Waals surface area (Å²) in [4.78, 5) is 43.3. The number of carbonyl (C=O) groups is 3. The summed E-state index contributed by atoms with van der Waals surface area (Å²) in [7, 11) is 0. The van der Waals surface area contributed by atoms with Gasteiger partial charge in [0, 0.05) is 37.9 Å². The Morgan fingerprint density at radius 2 is 1.41 bits per heavy atom. The highest BCUT2D eigenvalue weighted by atomic mass is 16.5. The molecule has 1 heterocycles. The van der Waals surface area contributed by atoms with Crippen LogP contribution in [0.1, 0.15) is 66.2 Å². The van der Waals surface area contributed by atoms with Gasteiger partial charge in [-0.3, -0.25) is 9.59 Å². The third-order valence-corrected chi connectivity index (χ3v) is 9.78. The number of esters is 1. The molecule has 4 aliphatic carbocycles. The quantitative estimate of drug-likeness (QED) is 0.534. The van der Waals surface area contributed by atoms with Crippen molar-refractivity contribution in [3.63, 3.8) is 0 Å². The number of para-hydroxylation sites is 1. The number of hydrogen-bond acceptors (Lipinski definition) is 5. The molecule has 1 saturated heterocycles. The Kier molecular flexibility index (Phi) is 7.08. The molecule has 0 radical (unpaired) electrons. The monoisotopic (exact) mass is 529 g/mol. The second kappa shape index (κ2) is 10.7. The van der Waals surface area contributed by atoms with E-state index in [1.165, 1.54) is 38.5 Å². The molecule has 5 aliphatic rings. The summed E-state index contributed by atoms with van der Waals surface area (Å²) < 4.78 is 5.43. The van der Waals surface area contributed by atoms with Gasteiger partial charge in [-0.25, -0.2) is 4.79 Å². The first kappa shape index (κ1) is 25.9. The minimum Gasteiger partial charge on any atom is -0.452 e. The third kappa shape index (κ3) is 5.28. The zero-order valence-electron chi connectivity index (χ0n) is 22.8. The molecule has 4 saturated carbocycles. The molecule has 0 spiro atoms. The molecular weight excluding hydrogens is 490 g/mol. The van der Waals surface area contributed by atoms with Gasteiger partial charge in [-0.2, -0.15) is 0 Å². The summed E-state index contributed by atoms with van der Waals surface area (Å²) in [5.41, 5.74) is 1.86. The number of rotatable bonds is 7. The lowest BCUT2D eigenvalue weighted by Gasteiger charge is -2.59. The van der Waals surface area contributed by atoms with Gasteiger partial charge in [-0.05, 0) is 92.9 Å². The summed E-state index contributed by atoms with van der Waals surface area (Å²) >= 11 is 0. The van der Waals surface area contributed by atoms with Crippen LogP contribution >= 0.6 is 0 Å². The fraction of sp³-hybridized carbons (Fsp3) is 0.531. The largest absolute Gasteiger partial charge is 0.452 e. The molecule has 2 aromatic carbocycles. The zero-order valence-corrected chi connectivity index (χ0v) is 22.8. The van der Waals surface area contributed by atoms with E-state index < -0.39 is 5.97 Å². The van der Waals surface area contributed by atoms with Crippen molar-refractivity contribution in [3.8, 4) is 0 Å². The maximum absolute atomic E-state index is 13.4. The van der Waals surface area contributed by atoms with E-state index in [4.69, 9.17) is 4.74 Å². The Bertz CT molecular complexity index is 1190. The van der Waals surface area contributed by atoms with E-state index in [1.54, 1.807) is 29.2 Å². The van der Waals surface area contributed by atoms with E-state index in [0.29, 0.717) is 18.7 Å². The molecule has 1 atom stereocenters. The van der Waals surface area contributed by atoms with Crippen LogP contribution in [-0.4, -0.2) is 61.5 Å². The minimum absolute atomic E-state index is 0.0699. The molecular formula is C32H39N3O4. The van der Waals surface area contributed by atoms with E-state index >= 15 is 0 Å². The summed E-state index contributed by atoms with van der Waals surface area (Å²) in [6.07, 6.45) is 7.69. The summed E-state index contributed by atoms with van der Waals surface area (Å²) in [5, 5.41) is 3.15. The predicted molar refractivity (Wildman–Crippen MR) is 149 cm³/mol. The van der Waals surface area contributed by atoms with Gasteiger partial charge in [0.15, 0.2) is 6.61 Å². The maximum Gasteiger partial charge on any atom is 0.339 e. The fourth-order valence-corrected chi connectivity index (χ4v) is 8.18. The highest BCUT2D eigenvalue weighted by molar-refractivity contribution is 6.05. The van der Waals surface area contributed by atoms with Crippen molar-refractivity contribution in [2.75, 3.05) is 37.7 Å². The molecule has 7 nitrogen and oxygen atoms in total. The molecule has 39 heavy (non-hydrogen) atoms. The van der Waals surface area contributed by atoms with Crippen molar-refractivity contribution in [2.45, 2.75) is 51.5 Å². The van der Waals surface area contributed by atoms with Crippen molar-refractivity contribution in [2.24, 2.45) is 23.2 Å². The lowest BCUT2D eigenvalue weighted by atomic mass is 9.48. The first-order chi connectivity index (χ1) is 18.9. The third-order valence-electron chi connectivity index (χ3n) is 9.78. The van der Waals surface area contributed by atoms with E-state index in [0.717, 1.165) is 36.5 Å². The molecule has 0 aromatic heterocycles. The average molecular weight is 530 g/mol. The number of ether oxygens (including phenoxy) is 1. The highest BCUT2D eigenvalue weighted by Crippen LogP contribution is 2.61. The molecule has 2 amide bonds. The fourth-order valence-electron chi connectivity index (χ4n) is 8.18. The Morgan fingerprint density at radius 1 is 0.846 bits per heavy atom. The van der Waals surface area contributed by atoms with Crippen LogP contribution in [0.25, 0.3) is 0 Å². The SMILES string of the molecule is C[C@H](NC(=O)COC(=O)c1ccccc1C(=O)N1CCN(c2ccccc2)CC1)C12CC3CC(CC(C3)C1)C2. The summed E-state index contributed by atoms with van der Waals surface area (Å²) in [6.45, 7) is 4.38. The van der Waals surface area contributed by atoms with Crippen molar-refractivity contribution < 1.29 is 19.1 Å². The normalized spacial score (nSPS) is 28.2. The van der Waals surface area contributed by atoms with Crippen LogP contribution in [0.2, 0.25) is 0 Å². The molecule has 1 N–H and O–H groups in total. The Hall–Kier alpha value is -3.35.